The van der Waals surface area contributed by atoms with Crippen LogP contribution in [0.5, 0.6) is 0 Å². The summed E-state index contributed by atoms with van der Waals surface area (Å²) in [6, 6.07) is -1.04. The SMILES string of the molecule is CC/C=C\C/C=C\C/C=C\C/C=C\C/C=C\C/C=C\CCC(=O)OC1C(OCC(NC(=O)C(O)CCCCCCCC/C=C\CCCCCC)C(O)/C=C/CCCCCCCCCCC)OC(CO)C(O)C1O. The zero-order valence-electron chi connectivity index (χ0n) is 46.0. The fourth-order valence-corrected chi connectivity index (χ4v) is 8.38. The Hall–Kier alpha value is -3.42. The van der Waals surface area contributed by atoms with E-state index in [2.05, 4.69) is 99.0 Å². The maximum Gasteiger partial charge on any atom is 0.306 e. The summed E-state index contributed by atoms with van der Waals surface area (Å²) >= 11 is 0. The maximum atomic E-state index is 13.4. The van der Waals surface area contributed by atoms with Crippen LogP contribution in [0, 0.1) is 0 Å². The molecule has 6 N–H and O–H groups in total. The highest BCUT2D eigenvalue weighted by Gasteiger charge is 2.47. The van der Waals surface area contributed by atoms with Gasteiger partial charge < -0.3 is 45.1 Å². The van der Waals surface area contributed by atoms with Crippen molar-refractivity contribution in [2.45, 2.75) is 269 Å². The van der Waals surface area contributed by atoms with Gasteiger partial charge in [-0.2, -0.15) is 0 Å². The molecule has 8 atom stereocenters. The Morgan fingerprint density at radius 1 is 0.548 bits per heavy atom. The summed E-state index contributed by atoms with van der Waals surface area (Å²) in [4.78, 5) is 26.4. The van der Waals surface area contributed by atoms with Crippen LogP contribution in [0.4, 0.5) is 0 Å². The second kappa shape index (κ2) is 49.5. The van der Waals surface area contributed by atoms with Crippen LogP contribution in [0.1, 0.15) is 220 Å². The zero-order valence-corrected chi connectivity index (χ0v) is 46.0. The van der Waals surface area contributed by atoms with Gasteiger partial charge in [0.1, 0.15) is 24.4 Å². The van der Waals surface area contributed by atoms with Crippen molar-refractivity contribution in [3.8, 4) is 0 Å². The third kappa shape index (κ3) is 37.9. The van der Waals surface area contributed by atoms with Gasteiger partial charge in [0.05, 0.1) is 25.4 Å². The van der Waals surface area contributed by atoms with E-state index in [0.717, 1.165) is 96.3 Å². The molecule has 0 bridgehead atoms. The number of aliphatic hydroxyl groups excluding tert-OH is 5. The molecule has 11 nitrogen and oxygen atoms in total. The van der Waals surface area contributed by atoms with Gasteiger partial charge in [-0.15, -0.1) is 0 Å². The van der Waals surface area contributed by atoms with E-state index < -0.39 is 67.4 Å². The summed E-state index contributed by atoms with van der Waals surface area (Å²) < 4.78 is 17.5. The summed E-state index contributed by atoms with van der Waals surface area (Å²) in [5.41, 5.74) is 0. The number of aliphatic hydroxyl groups is 5. The van der Waals surface area contributed by atoms with Crippen LogP contribution in [0.25, 0.3) is 0 Å². The lowest BCUT2D eigenvalue weighted by Gasteiger charge is -2.41. The fraction of sp³-hybridized carbons (Fsp3) is 0.710. The van der Waals surface area contributed by atoms with Crippen LogP contribution in [-0.4, -0.2) is 99.6 Å². The molecule has 0 saturated carbocycles. The highest BCUT2D eigenvalue weighted by molar-refractivity contribution is 5.80. The summed E-state index contributed by atoms with van der Waals surface area (Å²) in [5, 5.41) is 56.8. The van der Waals surface area contributed by atoms with Crippen LogP contribution >= 0.6 is 0 Å². The average molecular weight is 1020 g/mol. The Labute approximate surface area is 444 Å². The summed E-state index contributed by atoms with van der Waals surface area (Å²) in [7, 11) is 0. The Bertz CT molecular complexity index is 1550. The molecule has 0 aromatic heterocycles. The maximum absolute atomic E-state index is 13.4. The molecule has 1 heterocycles. The van der Waals surface area contributed by atoms with Gasteiger partial charge in [0.15, 0.2) is 12.4 Å². The molecule has 1 aliphatic rings. The normalized spacial score (nSPS) is 20.1. The van der Waals surface area contributed by atoms with Gasteiger partial charge in [-0.25, -0.2) is 0 Å². The molecule has 1 fully saturated rings. The van der Waals surface area contributed by atoms with Crippen LogP contribution in [0.15, 0.2) is 97.2 Å². The highest BCUT2D eigenvalue weighted by atomic mass is 16.7. The molecule has 1 amide bonds. The van der Waals surface area contributed by atoms with Crippen molar-refractivity contribution in [3.05, 3.63) is 97.2 Å². The van der Waals surface area contributed by atoms with Crippen molar-refractivity contribution in [3.63, 3.8) is 0 Å². The van der Waals surface area contributed by atoms with Crippen LogP contribution < -0.4 is 5.32 Å². The number of hydrogen-bond acceptors (Lipinski definition) is 10. The fourth-order valence-electron chi connectivity index (χ4n) is 8.38. The summed E-state index contributed by atoms with van der Waals surface area (Å²) in [5.74, 6) is -1.30. The van der Waals surface area contributed by atoms with Crippen LogP contribution in [0.2, 0.25) is 0 Å². The molecule has 0 aromatic carbocycles. The highest BCUT2D eigenvalue weighted by Crippen LogP contribution is 2.26. The first-order valence-electron chi connectivity index (χ1n) is 29.0. The standard InChI is InChI=1S/C62H105NO10/c1-4-7-10-13-16-19-22-24-26-27-28-29-30-32-35-38-41-44-47-50-57(67)73-60-59(69)58(68)56(51-64)72-62(60)71-52-53(54(65)48-45-42-39-36-33-21-18-15-12-9-6-3)63-61(70)55(66)49-46-43-40-37-34-31-25-23-20-17-14-11-8-5-2/h7,10,16,19-20,23-24,26,28-29,32,35,41,44-45,48,53-56,58-60,62,64-66,68-69H,4-6,8-9,11-15,17-18,21-22,25,27,30-31,33-34,36-40,42-43,46-47,49-52H2,1-3H3,(H,63,70)/b10-7-,19-16-,23-20-,26-24-,29-28-,35-32-,44-41-,48-45+. The van der Waals surface area contributed by atoms with Crippen molar-refractivity contribution in [2.24, 2.45) is 0 Å². The molecule has 8 unspecified atom stereocenters. The predicted molar refractivity (Wildman–Crippen MR) is 301 cm³/mol. The van der Waals surface area contributed by atoms with Crippen molar-refractivity contribution < 1.29 is 49.3 Å². The van der Waals surface area contributed by atoms with Crippen molar-refractivity contribution in [1.82, 2.24) is 5.32 Å². The third-order valence-electron chi connectivity index (χ3n) is 13.0. The molecular formula is C62H105NO10. The van der Waals surface area contributed by atoms with E-state index in [4.69, 9.17) is 14.2 Å². The molecule has 0 aromatic rings. The average Bonchev–Trinajstić information content (AvgIpc) is 3.39. The zero-order chi connectivity index (χ0) is 53.3. The topological polar surface area (TPSA) is 175 Å². The number of esters is 1. The Kier molecular flexibility index (Phi) is 45.8. The molecule has 1 aliphatic heterocycles. The lowest BCUT2D eigenvalue weighted by Crippen LogP contribution is -2.61. The monoisotopic (exact) mass is 1020 g/mol. The van der Waals surface area contributed by atoms with E-state index in [9.17, 15) is 35.1 Å². The van der Waals surface area contributed by atoms with Crippen LogP contribution in [0.3, 0.4) is 0 Å². The molecule has 0 aliphatic carbocycles. The lowest BCUT2D eigenvalue weighted by molar-refractivity contribution is -0.305. The Morgan fingerprint density at radius 2 is 0.986 bits per heavy atom. The van der Waals surface area contributed by atoms with E-state index in [1.165, 1.54) is 70.6 Å². The van der Waals surface area contributed by atoms with Gasteiger partial charge in [-0.3, -0.25) is 9.59 Å². The van der Waals surface area contributed by atoms with E-state index in [1.54, 1.807) is 6.08 Å². The number of carbonyl (C=O) groups is 2. The minimum atomic E-state index is -1.65. The van der Waals surface area contributed by atoms with Crippen molar-refractivity contribution >= 4 is 11.9 Å². The number of hydrogen-bond donors (Lipinski definition) is 6. The summed E-state index contributed by atoms with van der Waals surface area (Å²) in [6.45, 7) is 5.59. The molecule has 1 saturated heterocycles. The first-order chi connectivity index (χ1) is 35.7. The van der Waals surface area contributed by atoms with Gasteiger partial charge >= 0.3 is 5.97 Å². The molecule has 0 radical (unpaired) electrons. The second-order valence-corrected chi connectivity index (χ2v) is 19.6. The Morgan fingerprint density at radius 3 is 1.49 bits per heavy atom. The molecule has 418 valence electrons. The number of ether oxygens (including phenoxy) is 3. The van der Waals surface area contributed by atoms with Gasteiger partial charge in [-0.1, -0.05) is 221 Å². The number of rotatable bonds is 47. The number of carbonyl (C=O) groups excluding carboxylic acids is 2. The number of unbranched alkanes of at least 4 members (excludes halogenated alkanes) is 19. The van der Waals surface area contributed by atoms with E-state index in [0.29, 0.717) is 19.3 Å². The second-order valence-electron chi connectivity index (χ2n) is 19.6. The van der Waals surface area contributed by atoms with Gasteiger partial charge in [0.25, 0.3) is 0 Å². The molecule has 1 rings (SSSR count). The molecule has 11 heteroatoms. The first-order valence-corrected chi connectivity index (χ1v) is 29.0. The van der Waals surface area contributed by atoms with E-state index >= 15 is 0 Å². The number of nitrogens with one attached hydrogen (secondary N) is 1. The molecule has 73 heavy (non-hydrogen) atoms. The largest absolute Gasteiger partial charge is 0.454 e. The lowest BCUT2D eigenvalue weighted by atomic mass is 9.99. The summed E-state index contributed by atoms with van der Waals surface area (Å²) in [6.07, 6.45) is 54.6. The smallest absolute Gasteiger partial charge is 0.306 e. The third-order valence-corrected chi connectivity index (χ3v) is 13.0. The Balaban J connectivity index is 2.76. The minimum absolute atomic E-state index is 0.00637. The quantitative estimate of drug-likeness (QED) is 0.0196. The van der Waals surface area contributed by atoms with E-state index in [-0.39, 0.29) is 19.4 Å². The van der Waals surface area contributed by atoms with Crippen molar-refractivity contribution in [1.29, 1.82) is 0 Å². The number of allylic oxidation sites excluding steroid dienone is 15. The van der Waals surface area contributed by atoms with Gasteiger partial charge in [-0.05, 0) is 89.9 Å². The minimum Gasteiger partial charge on any atom is -0.454 e. The number of amides is 1. The van der Waals surface area contributed by atoms with Crippen molar-refractivity contribution in [2.75, 3.05) is 13.2 Å². The van der Waals surface area contributed by atoms with Gasteiger partial charge in [0, 0.05) is 6.42 Å². The predicted octanol–water partition coefficient (Wildman–Crippen LogP) is 13.2. The van der Waals surface area contributed by atoms with E-state index in [1.807, 2.05) is 18.2 Å². The molecular weight excluding hydrogens is 919 g/mol. The van der Waals surface area contributed by atoms with Crippen LogP contribution in [-0.2, 0) is 23.8 Å². The first kappa shape index (κ1) is 67.6. The van der Waals surface area contributed by atoms with Gasteiger partial charge in [0.2, 0.25) is 5.91 Å². The molecule has 0 spiro atoms.